The van der Waals surface area contributed by atoms with Crippen LogP contribution in [0.5, 0.6) is 0 Å². The van der Waals surface area contributed by atoms with Crippen LogP contribution in [0.25, 0.3) is 0 Å². The summed E-state index contributed by atoms with van der Waals surface area (Å²) in [7, 11) is 0. The molecular weight excluding hydrogens is 74.1 g/mol. The normalized spacial score (nSPS) is 18.2. The summed E-state index contributed by atoms with van der Waals surface area (Å²) >= 11 is 0. The topological polar surface area (TPSA) is 26.0 Å². The van der Waals surface area contributed by atoms with Crippen LogP contribution in [0.3, 0.4) is 0 Å². The van der Waals surface area contributed by atoms with E-state index in [1.54, 1.807) is 0 Å². The van der Waals surface area contributed by atoms with Crippen LogP contribution in [0.1, 0.15) is 12.8 Å². The molecule has 0 unspecified atom stereocenters. The molecular formula is C5H11N. The molecule has 0 aromatic rings. The zero-order chi connectivity index (χ0) is 4.99. The summed E-state index contributed by atoms with van der Waals surface area (Å²) in [5.41, 5.74) is 5.22. The van der Waals surface area contributed by atoms with Gasteiger partial charge in [-0.05, 0) is 12.8 Å². The zero-order valence-electron chi connectivity index (χ0n) is 3.98. The van der Waals surface area contributed by atoms with E-state index >= 15 is 0 Å². The van der Waals surface area contributed by atoms with Gasteiger partial charge >= 0.3 is 0 Å². The lowest BCUT2D eigenvalue weighted by Gasteiger charge is -1.58. The van der Waals surface area contributed by atoms with Crippen LogP contribution in [0.15, 0.2) is 13.2 Å². The summed E-state index contributed by atoms with van der Waals surface area (Å²) in [6.07, 6.45) is 2.53. The summed E-state index contributed by atoms with van der Waals surface area (Å²) in [5, 5.41) is 0. The molecule has 0 aromatic heterocycles. The molecule has 0 saturated heterocycles. The minimum absolute atomic E-state index is 0.583. The van der Waals surface area contributed by atoms with Gasteiger partial charge in [-0.15, -0.1) is 13.2 Å². The van der Waals surface area contributed by atoms with Crippen molar-refractivity contribution >= 4 is 0 Å². The third-order valence-corrected chi connectivity index (χ3v) is 0.622. The van der Waals surface area contributed by atoms with E-state index < -0.39 is 0 Å². The SMILES string of the molecule is C=C.NC1CC1. The standard InChI is InChI=1S/C3H7N.C2H4/c4-3-1-2-3;1-2/h3H,1-2,4H2;1-2H2. The maximum absolute atomic E-state index is 5.22. The molecule has 0 aliphatic heterocycles. The average molecular weight is 85.2 g/mol. The van der Waals surface area contributed by atoms with Gasteiger partial charge in [-0.25, -0.2) is 0 Å². The van der Waals surface area contributed by atoms with Gasteiger partial charge in [-0.2, -0.15) is 0 Å². The lowest BCUT2D eigenvalue weighted by Crippen LogP contribution is -1.94. The van der Waals surface area contributed by atoms with Crippen molar-refractivity contribution in [1.82, 2.24) is 0 Å². The molecule has 6 heavy (non-hydrogen) atoms. The van der Waals surface area contributed by atoms with E-state index in [1.807, 2.05) is 0 Å². The Kier molecular flexibility index (Phi) is 2.77. The maximum Gasteiger partial charge on any atom is 0.00399 e. The maximum atomic E-state index is 5.22. The molecule has 1 aliphatic carbocycles. The minimum Gasteiger partial charge on any atom is -0.328 e. The predicted molar refractivity (Wildman–Crippen MR) is 28.5 cm³/mol. The van der Waals surface area contributed by atoms with Crippen molar-refractivity contribution in [3.05, 3.63) is 13.2 Å². The Balaban J connectivity index is 0.000000112. The van der Waals surface area contributed by atoms with Crippen molar-refractivity contribution in [3.63, 3.8) is 0 Å². The second-order valence-corrected chi connectivity index (χ2v) is 1.34. The second-order valence-electron chi connectivity index (χ2n) is 1.34. The third-order valence-electron chi connectivity index (χ3n) is 0.622. The first kappa shape index (κ1) is 5.70. The van der Waals surface area contributed by atoms with Crippen molar-refractivity contribution in [1.29, 1.82) is 0 Å². The molecule has 1 nitrogen and oxygen atoms in total. The first-order valence-electron chi connectivity index (χ1n) is 2.15. The van der Waals surface area contributed by atoms with Gasteiger partial charge in [0.1, 0.15) is 0 Å². The van der Waals surface area contributed by atoms with Gasteiger partial charge < -0.3 is 5.73 Å². The van der Waals surface area contributed by atoms with Crippen molar-refractivity contribution in [2.24, 2.45) is 5.73 Å². The summed E-state index contributed by atoms with van der Waals surface area (Å²) in [5.74, 6) is 0. The summed E-state index contributed by atoms with van der Waals surface area (Å²) in [4.78, 5) is 0. The first-order valence-corrected chi connectivity index (χ1v) is 2.15. The zero-order valence-corrected chi connectivity index (χ0v) is 3.98. The summed E-state index contributed by atoms with van der Waals surface area (Å²) < 4.78 is 0. The molecule has 1 heteroatoms. The van der Waals surface area contributed by atoms with E-state index in [1.165, 1.54) is 12.8 Å². The molecule has 1 saturated carbocycles. The largest absolute Gasteiger partial charge is 0.328 e. The van der Waals surface area contributed by atoms with E-state index in [0.29, 0.717) is 6.04 Å². The third kappa shape index (κ3) is 3.70. The quantitative estimate of drug-likeness (QED) is 0.435. The molecule has 1 fully saturated rings. The number of nitrogens with two attached hydrogens (primary N) is 1. The van der Waals surface area contributed by atoms with Crippen LogP contribution in [0.4, 0.5) is 0 Å². The van der Waals surface area contributed by atoms with E-state index in [-0.39, 0.29) is 0 Å². The van der Waals surface area contributed by atoms with Crippen LogP contribution < -0.4 is 5.73 Å². The van der Waals surface area contributed by atoms with Crippen molar-refractivity contribution < 1.29 is 0 Å². The fraction of sp³-hybridized carbons (Fsp3) is 0.600. The van der Waals surface area contributed by atoms with Gasteiger partial charge in [0.15, 0.2) is 0 Å². The molecule has 0 heterocycles. The fourth-order valence-electron chi connectivity index (χ4n) is 0.0962. The van der Waals surface area contributed by atoms with Crippen molar-refractivity contribution in [3.8, 4) is 0 Å². The lowest BCUT2D eigenvalue weighted by atomic mass is 10.8. The Labute approximate surface area is 38.8 Å². The van der Waals surface area contributed by atoms with Gasteiger partial charge in [-0.3, -0.25) is 0 Å². The Bertz CT molecular complexity index is 30.9. The highest BCUT2D eigenvalue weighted by atomic mass is 14.7. The van der Waals surface area contributed by atoms with Gasteiger partial charge in [-0.1, -0.05) is 0 Å². The van der Waals surface area contributed by atoms with Gasteiger partial charge in [0.2, 0.25) is 0 Å². The molecule has 0 radical (unpaired) electrons. The smallest absolute Gasteiger partial charge is 0.00399 e. The number of hydrogen-bond donors (Lipinski definition) is 1. The fourth-order valence-corrected chi connectivity index (χ4v) is 0.0962. The summed E-state index contributed by atoms with van der Waals surface area (Å²) in [6, 6.07) is 0.583. The highest BCUT2D eigenvalue weighted by Gasteiger charge is 2.13. The Morgan fingerprint density at radius 1 is 1.33 bits per heavy atom. The first-order chi connectivity index (χ1) is 2.89. The van der Waals surface area contributed by atoms with Gasteiger partial charge in [0.05, 0.1) is 0 Å². The average Bonchev–Trinajstić information content (AvgIpc) is 2.30. The lowest BCUT2D eigenvalue weighted by molar-refractivity contribution is 1.07. The number of rotatable bonds is 0. The van der Waals surface area contributed by atoms with E-state index in [9.17, 15) is 0 Å². The molecule has 0 atom stereocenters. The molecule has 1 aliphatic rings. The van der Waals surface area contributed by atoms with Crippen LogP contribution in [-0.4, -0.2) is 6.04 Å². The Morgan fingerprint density at radius 3 is 1.50 bits per heavy atom. The molecule has 2 N–H and O–H groups in total. The highest BCUT2D eigenvalue weighted by molar-refractivity contribution is 4.75. The highest BCUT2D eigenvalue weighted by Crippen LogP contribution is 2.13. The van der Waals surface area contributed by atoms with Crippen molar-refractivity contribution in [2.75, 3.05) is 0 Å². The molecule has 0 spiro atoms. The molecule has 36 valence electrons. The number of hydrogen-bond acceptors (Lipinski definition) is 1. The van der Waals surface area contributed by atoms with Gasteiger partial charge in [0, 0.05) is 6.04 Å². The van der Waals surface area contributed by atoms with Crippen LogP contribution in [0, 0.1) is 0 Å². The molecule has 1 rings (SSSR count). The van der Waals surface area contributed by atoms with E-state index in [0.717, 1.165) is 0 Å². The van der Waals surface area contributed by atoms with E-state index in [2.05, 4.69) is 13.2 Å². The van der Waals surface area contributed by atoms with Crippen LogP contribution in [-0.2, 0) is 0 Å². The second kappa shape index (κ2) is 2.91. The Hall–Kier alpha value is -0.300. The molecule has 0 aromatic carbocycles. The Morgan fingerprint density at radius 2 is 1.50 bits per heavy atom. The molecule has 0 amide bonds. The van der Waals surface area contributed by atoms with Crippen LogP contribution in [0.2, 0.25) is 0 Å². The summed E-state index contributed by atoms with van der Waals surface area (Å²) in [6.45, 7) is 6.00. The van der Waals surface area contributed by atoms with Gasteiger partial charge in [0.25, 0.3) is 0 Å². The monoisotopic (exact) mass is 85.1 g/mol. The minimum atomic E-state index is 0.583. The van der Waals surface area contributed by atoms with Crippen molar-refractivity contribution in [2.45, 2.75) is 18.9 Å². The molecule has 0 bridgehead atoms. The van der Waals surface area contributed by atoms with E-state index in [4.69, 9.17) is 5.73 Å². The van der Waals surface area contributed by atoms with Crippen LogP contribution >= 0.6 is 0 Å². The predicted octanol–water partition coefficient (Wildman–Crippen LogP) is 0.910.